The number of carbonyl (C=O) groups excluding carboxylic acids is 1. The van der Waals surface area contributed by atoms with Crippen molar-refractivity contribution in [3.05, 3.63) is 35.4 Å². The van der Waals surface area contributed by atoms with Gasteiger partial charge >= 0.3 is 5.97 Å². The monoisotopic (exact) mass is 596 g/mol. The van der Waals surface area contributed by atoms with Crippen LogP contribution in [0.5, 0.6) is 23.0 Å². The first-order chi connectivity index (χ1) is 21.0. The number of carbonyl (C=O) groups is 1. The summed E-state index contributed by atoms with van der Waals surface area (Å²) in [6.07, 6.45) is 20.8. The van der Waals surface area contributed by atoms with Gasteiger partial charge in [0.1, 0.15) is 5.75 Å². The number of rotatable bonds is 17. The molecule has 0 aromatic heterocycles. The summed E-state index contributed by atoms with van der Waals surface area (Å²) >= 11 is 0. The molecule has 0 saturated heterocycles. The third kappa shape index (κ3) is 11.4. The van der Waals surface area contributed by atoms with Crippen LogP contribution in [-0.2, 0) is 17.6 Å². The van der Waals surface area contributed by atoms with E-state index in [1.165, 1.54) is 64.2 Å². The van der Waals surface area contributed by atoms with Crippen molar-refractivity contribution in [2.75, 3.05) is 14.2 Å². The lowest BCUT2D eigenvalue weighted by Crippen LogP contribution is -2.11. The number of aromatic hydroxyl groups is 1. The number of methoxy groups -OCH3 is 2. The predicted molar refractivity (Wildman–Crippen MR) is 174 cm³/mol. The summed E-state index contributed by atoms with van der Waals surface area (Å²) in [5.41, 5.74) is 3.20. The zero-order chi connectivity index (χ0) is 30.9. The van der Waals surface area contributed by atoms with Crippen LogP contribution in [0.4, 0.5) is 0 Å². The van der Waals surface area contributed by atoms with E-state index in [0.717, 1.165) is 56.1 Å². The van der Waals surface area contributed by atoms with Gasteiger partial charge in [0.05, 0.1) is 20.3 Å². The van der Waals surface area contributed by atoms with Crippen molar-refractivity contribution in [3.8, 4) is 34.1 Å². The number of aliphatic hydroxyl groups excluding tert-OH is 1. The van der Waals surface area contributed by atoms with Crippen LogP contribution in [0, 0.1) is 0 Å². The first kappa shape index (κ1) is 34.8. The second kappa shape index (κ2) is 19.5. The highest BCUT2D eigenvalue weighted by molar-refractivity contribution is 5.83. The van der Waals surface area contributed by atoms with E-state index in [4.69, 9.17) is 14.2 Å². The van der Waals surface area contributed by atoms with Crippen molar-refractivity contribution in [2.24, 2.45) is 0 Å². The molecule has 2 aromatic rings. The maximum atomic E-state index is 13.0. The Morgan fingerprint density at radius 2 is 1.37 bits per heavy atom. The Kier molecular flexibility index (Phi) is 15.8. The Hall–Kier alpha value is -2.73. The van der Waals surface area contributed by atoms with Crippen molar-refractivity contribution in [1.82, 2.24) is 0 Å². The lowest BCUT2D eigenvalue weighted by molar-refractivity contribution is -0.134. The normalized spacial score (nSPS) is 15.2. The standard InChI is InChI=1S/C37H56O6/c1-4-5-6-7-8-9-10-11-12-13-14-15-16-21-34(40)43-35-29-19-17-18-20-30(38)24-22-28-23-25-33(39)31(26-28)32(27-29)36(41-2)37(35)42-3/h23,25-27,30,38-39H,4-22,24H2,1-3H3/t30-/m0/s1. The number of fused-ring (bicyclic) bond motifs is 5. The summed E-state index contributed by atoms with van der Waals surface area (Å²) in [4.78, 5) is 13.0. The van der Waals surface area contributed by atoms with E-state index in [1.807, 2.05) is 18.2 Å². The topological polar surface area (TPSA) is 85.2 Å². The number of hydrogen-bond acceptors (Lipinski definition) is 6. The maximum absolute atomic E-state index is 13.0. The molecule has 0 radical (unpaired) electrons. The SMILES string of the molecule is CCCCCCCCCCCCCCCC(=O)Oc1c2cc(c(OC)c1OC)-c1cc(ccc1O)CC[C@@H](O)CCCC2. The van der Waals surface area contributed by atoms with Gasteiger partial charge in [0.25, 0.3) is 0 Å². The predicted octanol–water partition coefficient (Wildman–Crippen LogP) is 9.48. The fourth-order valence-corrected chi connectivity index (χ4v) is 6.14. The van der Waals surface area contributed by atoms with Gasteiger partial charge in [-0.1, -0.05) is 96.5 Å². The average Bonchev–Trinajstić information content (AvgIpc) is 3.01. The number of esters is 1. The Balaban J connectivity index is 1.61. The molecule has 0 saturated carbocycles. The largest absolute Gasteiger partial charge is 0.507 e. The summed E-state index contributed by atoms with van der Waals surface area (Å²) in [5, 5.41) is 21.3. The summed E-state index contributed by atoms with van der Waals surface area (Å²) in [6.45, 7) is 2.26. The smallest absolute Gasteiger partial charge is 0.311 e. The zero-order valence-corrected chi connectivity index (χ0v) is 27.1. The molecular weight excluding hydrogens is 540 g/mol. The number of benzene rings is 2. The van der Waals surface area contributed by atoms with Gasteiger partial charge in [-0.25, -0.2) is 0 Å². The second-order valence-electron chi connectivity index (χ2n) is 12.2. The van der Waals surface area contributed by atoms with Crippen LogP contribution in [0.1, 0.15) is 134 Å². The molecule has 43 heavy (non-hydrogen) atoms. The van der Waals surface area contributed by atoms with Crippen LogP contribution >= 0.6 is 0 Å². The maximum Gasteiger partial charge on any atom is 0.311 e. The van der Waals surface area contributed by atoms with Crippen LogP contribution in [-0.4, -0.2) is 36.5 Å². The quantitative estimate of drug-likeness (QED) is 0.107. The van der Waals surface area contributed by atoms with Crippen molar-refractivity contribution >= 4 is 5.97 Å². The second-order valence-corrected chi connectivity index (χ2v) is 12.2. The van der Waals surface area contributed by atoms with Gasteiger partial charge in [-0.3, -0.25) is 4.79 Å². The number of aryl methyl sites for hydroxylation is 2. The van der Waals surface area contributed by atoms with Crippen LogP contribution in [0.15, 0.2) is 24.3 Å². The fourth-order valence-electron chi connectivity index (χ4n) is 6.14. The molecule has 240 valence electrons. The van der Waals surface area contributed by atoms with Gasteiger partial charge in [0.2, 0.25) is 5.75 Å². The zero-order valence-electron chi connectivity index (χ0n) is 27.1. The Morgan fingerprint density at radius 3 is 2.00 bits per heavy atom. The molecule has 0 fully saturated rings. The number of phenols is 1. The molecule has 0 aliphatic heterocycles. The minimum Gasteiger partial charge on any atom is -0.507 e. The lowest BCUT2D eigenvalue weighted by Gasteiger charge is -2.21. The molecule has 0 spiro atoms. The van der Waals surface area contributed by atoms with Gasteiger partial charge in [-0.05, 0) is 67.9 Å². The molecule has 2 aromatic carbocycles. The molecule has 1 atom stereocenters. The van der Waals surface area contributed by atoms with E-state index < -0.39 is 0 Å². The third-order valence-corrected chi connectivity index (χ3v) is 8.73. The Labute approximate surface area is 260 Å². The minimum absolute atomic E-state index is 0.137. The molecule has 6 nitrogen and oxygen atoms in total. The van der Waals surface area contributed by atoms with Gasteiger partial charge < -0.3 is 24.4 Å². The summed E-state index contributed by atoms with van der Waals surface area (Å²) < 4.78 is 17.6. The van der Waals surface area contributed by atoms with Crippen molar-refractivity contribution in [1.29, 1.82) is 0 Å². The van der Waals surface area contributed by atoms with Gasteiger partial charge in [0, 0.05) is 17.5 Å². The first-order valence-electron chi connectivity index (χ1n) is 17.0. The van der Waals surface area contributed by atoms with Crippen LogP contribution in [0.25, 0.3) is 11.1 Å². The van der Waals surface area contributed by atoms with Crippen LogP contribution < -0.4 is 14.2 Å². The molecule has 0 amide bonds. The summed E-state index contributed by atoms with van der Waals surface area (Å²) in [5.74, 6) is 1.06. The van der Waals surface area contributed by atoms with E-state index >= 15 is 0 Å². The molecular formula is C37H56O6. The number of ether oxygens (including phenoxy) is 3. The number of unbranched alkanes of at least 4 members (excludes halogenated alkanes) is 12. The molecule has 1 aliphatic carbocycles. The fraction of sp³-hybridized carbons (Fsp3) is 0.649. The van der Waals surface area contributed by atoms with Crippen molar-refractivity contribution in [2.45, 2.75) is 141 Å². The summed E-state index contributed by atoms with van der Waals surface area (Å²) in [6, 6.07) is 7.48. The number of hydrogen-bond donors (Lipinski definition) is 2. The van der Waals surface area contributed by atoms with Gasteiger partial charge in [-0.15, -0.1) is 0 Å². The minimum atomic E-state index is -0.372. The first-order valence-corrected chi connectivity index (χ1v) is 17.0. The highest BCUT2D eigenvalue weighted by atomic mass is 16.6. The molecule has 4 bridgehead atoms. The van der Waals surface area contributed by atoms with Crippen molar-refractivity contribution < 1.29 is 29.2 Å². The number of phenolic OH excluding ortho intramolecular Hbond substituents is 1. The van der Waals surface area contributed by atoms with E-state index in [9.17, 15) is 15.0 Å². The van der Waals surface area contributed by atoms with Gasteiger partial charge in [0.15, 0.2) is 11.5 Å². The van der Waals surface area contributed by atoms with E-state index in [2.05, 4.69) is 6.92 Å². The lowest BCUT2D eigenvalue weighted by atomic mass is 9.95. The molecule has 3 rings (SSSR count). The average molecular weight is 597 g/mol. The Morgan fingerprint density at radius 1 is 0.744 bits per heavy atom. The Bertz CT molecular complexity index is 1110. The summed E-state index contributed by atoms with van der Waals surface area (Å²) in [7, 11) is 3.11. The highest BCUT2D eigenvalue weighted by Crippen LogP contribution is 2.49. The van der Waals surface area contributed by atoms with Crippen LogP contribution in [0.3, 0.4) is 0 Å². The third-order valence-electron chi connectivity index (χ3n) is 8.73. The number of aliphatic hydroxyl groups is 1. The van der Waals surface area contributed by atoms with Crippen molar-refractivity contribution in [3.63, 3.8) is 0 Å². The molecule has 6 heteroatoms. The van der Waals surface area contributed by atoms with Crippen LogP contribution in [0.2, 0.25) is 0 Å². The molecule has 1 aliphatic rings. The molecule has 0 heterocycles. The van der Waals surface area contributed by atoms with E-state index in [0.29, 0.717) is 47.6 Å². The molecule has 2 N–H and O–H groups in total. The highest BCUT2D eigenvalue weighted by Gasteiger charge is 2.25. The molecule has 0 unspecified atom stereocenters. The van der Waals surface area contributed by atoms with E-state index in [1.54, 1.807) is 20.3 Å². The van der Waals surface area contributed by atoms with E-state index in [-0.39, 0.29) is 17.8 Å². The van der Waals surface area contributed by atoms with Gasteiger partial charge in [-0.2, -0.15) is 0 Å².